The minimum absolute atomic E-state index is 0.192. The number of furan rings is 1. The minimum atomic E-state index is -0.386. The number of terminal acetylenes is 1. The van der Waals surface area contributed by atoms with Gasteiger partial charge in [-0.2, -0.15) is 10.2 Å². The van der Waals surface area contributed by atoms with Crippen LogP contribution >= 0.6 is 0 Å². The van der Waals surface area contributed by atoms with Crippen LogP contribution in [0, 0.1) is 12.3 Å². The number of nitrogens with zero attached hydrogens (tertiary/aromatic N) is 3. The van der Waals surface area contributed by atoms with E-state index in [-0.39, 0.29) is 11.6 Å². The highest BCUT2D eigenvalue weighted by molar-refractivity contribution is 5.96. The maximum Gasteiger partial charge on any atom is 0.252 e. The Morgan fingerprint density at radius 3 is 2.91 bits per heavy atom. The summed E-state index contributed by atoms with van der Waals surface area (Å²) in [5, 5.41) is 11.7. The van der Waals surface area contributed by atoms with Crippen molar-refractivity contribution in [3.05, 3.63) is 29.7 Å². The van der Waals surface area contributed by atoms with Crippen LogP contribution in [-0.2, 0) is 6.54 Å². The molecule has 0 aromatic carbocycles. The molecule has 0 saturated heterocycles. The van der Waals surface area contributed by atoms with Crippen molar-refractivity contribution < 1.29 is 9.21 Å². The van der Waals surface area contributed by atoms with Crippen molar-refractivity contribution in [2.75, 3.05) is 6.54 Å². The van der Waals surface area contributed by atoms with Gasteiger partial charge in [0.1, 0.15) is 5.76 Å². The molecule has 0 spiro atoms. The van der Waals surface area contributed by atoms with Crippen molar-refractivity contribution in [2.24, 2.45) is 16.0 Å². The molecule has 1 amide bonds. The molecule has 0 bridgehead atoms. The number of nitrogens with one attached hydrogen (secondary N) is 1. The second kappa shape index (κ2) is 6.18. The lowest BCUT2D eigenvalue weighted by molar-refractivity contribution is 0.0951. The zero-order valence-corrected chi connectivity index (χ0v) is 12.6. The first kappa shape index (κ1) is 15.2. The summed E-state index contributed by atoms with van der Waals surface area (Å²) in [4.78, 5) is 16.3. The molecular formula is C16H17N5O2. The van der Waals surface area contributed by atoms with Gasteiger partial charge in [0.25, 0.3) is 5.91 Å². The summed E-state index contributed by atoms with van der Waals surface area (Å²) < 4.78 is 5.41. The van der Waals surface area contributed by atoms with E-state index in [4.69, 9.17) is 16.6 Å². The molecule has 0 fully saturated rings. The third kappa shape index (κ3) is 3.38. The zero-order chi connectivity index (χ0) is 16.3. The van der Waals surface area contributed by atoms with Crippen molar-refractivity contribution in [3.63, 3.8) is 0 Å². The van der Waals surface area contributed by atoms with Crippen molar-refractivity contribution in [1.29, 1.82) is 0 Å². The van der Waals surface area contributed by atoms with E-state index in [1.54, 1.807) is 12.1 Å². The topological polar surface area (TPSA) is 106 Å². The van der Waals surface area contributed by atoms with Crippen LogP contribution in [0.4, 0.5) is 0 Å². The Morgan fingerprint density at radius 1 is 1.39 bits per heavy atom. The van der Waals surface area contributed by atoms with Crippen LogP contribution in [0.25, 0.3) is 11.1 Å². The third-order valence-corrected chi connectivity index (χ3v) is 3.75. The molecule has 0 radical (unpaired) electrons. The number of rotatable bonds is 7. The van der Waals surface area contributed by atoms with Crippen LogP contribution in [-0.4, -0.2) is 23.1 Å². The molecule has 1 aliphatic heterocycles. The summed E-state index contributed by atoms with van der Waals surface area (Å²) in [5.74, 6) is 3.02. The quantitative estimate of drug-likeness (QED) is 0.762. The van der Waals surface area contributed by atoms with Gasteiger partial charge in [0.2, 0.25) is 5.71 Å². The molecule has 3 heterocycles. The van der Waals surface area contributed by atoms with Gasteiger partial charge in [0.15, 0.2) is 5.66 Å². The zero-order valence-electron chi connectivity index (χ0n) is 12.6. The van der Waals surface area contributed by atoms with Crippen LogP contribution in [0.3, 0.4) is 0 Å². The van der Waals surface area contributed by atoms with Crippen LogP contribution < -0.4 is 11.1 Å². The number of aromatic nitrogens is 1. The molecule has 0 saturated carbocycles. The Balaban J connectivity index is 1.57. The Labute approximate surface area is 133 Å². The first-order chi connectivity index (χ1) is 11.2. The number of hydrogen-bond acceptors (Lipinski definition) is 6. The lowest BCUT2D eigenvalue weighted by atomic mass is 10.0. The van der Waals surface area contributed by atoms with E-state index in [9.17, 15) is 4.79 Å². The van der Waals surface area contributed by atoms with Gasteiger partial charge in [-0.15, -0.1) is 12.3 Å². The number of amides is 1. The third-order valence-electron chi connectivity index (χ3n) is 3.75. The van der Waals surface area contributed by atoms with Crippen molar-refractivity contribution in [3.8, 4) is 12.3 Å². The Kier molecular flexibility index (Phi) is 4.08. The normalized spacial score (nSPS) is 14.6. The van der Waals surface area contributed by atoms with Gasteiger partial charge in [-0.3, -0.25) is 4.79 Å². The van der Waals surface area contributed by atoms with Crippen molar-refractivity contribution in [2.45, 2.75) is 31.5 Å². The molecule has 1 aliphatic rings. The summed E-state index contributed by atoms with van der Waals surface area (Å²) in [6.07, 6.45) is 8.74. The van der Waals surface area contributed by atoms with E-state index in [0.717, 1.165) is 11.8 Å². The van der Waals surface area contributed by atoms with E-state index in [2.05, 4.69) is 26.4 Å². The van der Waals surface area contributed by atoms with Gasteiger partial charge in [0, 0.05) is 37.4 Å². The number of nitrogens with two attached hydrogens (primary N) is 1. The van der Waals surface area contributed by atoms with Crippen LogP contribution in [0.1, 0.15) is 35.4 Å². The molecule has 0 atom stereocenters. The Hall–Kier alpha value is -2.72. The Bertz CT molecular complexity index is 796. The number of pyridine rings is 1. The van der Waals surface area contributed by atoms with E-state index in [1.165, 1.54) is 6.20 Å². The highest BCUT2D eigenvalue weighted by Gasteiger charge is 2.38. The first-order valence-electron chi connectivity index (χ1n) is 7.40. The number of carbonyl (C=O) groups is 1. The number of fused-ring (bicyclic) bond motifs is 1. The van der Waals surface area contributed by atoms with Gasteiger partial charge in [0.05, 0.1) is 12.1 Å². The van der Waals surface area contributed by atoms with E-state index in [0.29, 0.717) is 43.0 Å². The van der Waals surface area contributed by atoms with Gasteiger partial charge in [-0.25, -0.2) is 4.98 Å². The van der Waals surface area contributed by atoms with Gasteiger partial charge >= 0.3 is 0 Å². The summed E-state index contributed by atoms with van der Waals surface area (Å²) in [5.41, 5.74) is 6.09. The molecule has 0 aliphatic carbocycles. The molecule has 118 valence electrons. The van der Waals surface area contributed by atoms with Crippen molar-refractivity contribution in [1.82, 2.24) is 10.3 Å². The Morgan fingerprint density at radius 2 is 2.22 bits per heavy atom. The lowest BCUT2D eigenvalue weighted by Gasteiger charge is -2.09. The molecule has 23 heavy (non-hydrogen) atoms. The highest BCUT2D eigenvalue weighted by atomic mass is 16.3. The molecule has 7 heteroatoms. The SMILES string of the molecule is C#CCCC1(CCNC(=O)c2cnc3oc(CN)cc3c2)N=N1. The molecule has 3 N–H and O–H groups in total. The maximum absolute atomic E-state index is 12.2. The predicted octanol–water partition coefficient (Wildman–Crippen LogP) is 1.98. The van der Waals surface area contributed by atoms with Crippen LogP contribution in [0.15, 0.2) is 33.0 Å². The van der Waals surface area contributed by atoms with Crippen molar-refractivity contribution >= 4 is 17.0 Å². The molecule has 3 rings (SSSR count). The number of carbonyl (C=O) groups excluding carboxylic acids is 1. The summed E-state index contributed by atoms with van der Waals surface area (Å²) >= 11 is 0. The molecular weight excluding hydrogens is 294 g/mol. The number of hydrogen-bond donors (Lipinski definition) is 2. The van der Waals surface area contributed by atoms with Crippen LogP contribution in [0.5, 0.6) is 0 Å². The van der Waals surface area contributed by atoms with E-state index in [1.807, 2.05) is 0 Å². The molecule has 0 unspecified atom stereocenters. The maximum atomic E-state index is 12.2. The lowest BCUT2D eigenvalue weighted by Crippen LogP contribution is -2.28. The van der Waals surface area contributed by atoms with E-state index < -0.39 is 0 Å². The standard InChI is InChI=1S/C16H17N5O2/c1-2-3-4-16(20-21-16)5-6-18-14(22)12-7-11-8-13(9-17)23-15(11)19-10-12/h1,7-8,10H,3-6,9,17H2,(H,18,22). The average Bonchev–Trinajstić information content (AvgIpc) is 3.20. The minimum Gasteiger partial charge on any atom is -0.441 e. The molecule has 7 nitrogen and oxygen atoms in total. The largest absolute Gasteiger partial charge is 0.441 e. The second-order valence-corrected chi connectivity index (χ2v) is 5.43. The van der Waals surface area contributed by atoms with Gasteiger partial charge < -0.3 is 15.5 Å². The first-order valence-corrected chi connectivity index (χ1v) is 7.40. The summed E-state index contributed by atoms with van der Waals surface area (Å²) in [6, 6.07) is 3.52. The highest BCUT2D eigenvalue weighted by Crippen LogP contribution is 2.36. The smallest absolute Gasteiger partial charge is 0.252 e. The fraction of sp³-hybridized carbons (Fsp3) is 0.375. The molecule has 2 aromatic heterocycles. The summed E-state index contributed by atoms with van der Waals surface area (Å²) in [7, 11) is 0. The van der Waals surface area contributed by atoms with Crippen LogP contribution in [0.2, 0.25) is 0 Å². The van der Waals surface area contributed by atoms with Gasteiger partial charge in [-0.1, -0.05) is 0 Å². The average molecular weight is 311 g/mol. The fourth-order valence-electron chi connectivity index (χ4n) is 2.36. The van der Waals surface area contributed by atoms with Gasteiger partial charge in [-0.05, 0) is 12.1 Å². The predicted molar refractivity (Wildman–Crippen MR) is 84.5 cm³/mol. The summed E-state index contributed by atoms with van der Waals surface area (Å²) in [6.45, 7) is 0.776. The molecule has 2 aromatic rings. The second-order valence-electron chi connectivity index (χ2n) is 5.43. The van der Waals surface area contributed by atoms with E-state index >= 15 is 0 Å². The monoisotopic (exact) mass is 311 g/mol. The fourth-order valence-corrected chi connectivity index (χ4v) is 2.36.